The van der Waals surface area contributed by atoms with Crippen molar-refractivity contribution in [2.45, 2.75) is 26.8 Å². The average Bonchev–Trinajstić information content (AvgIpc) is 2.90. The van der Waals surface area contributed by atoms with Crippen molar-refractivity contribution in [3.05, 3.63) is 35.4 Å². The van der Waals surface area contributed by atoms with Crippen LogP contribution in [-0.2, 0) is 0 Å². The van der Waals surface area contributed by atoms with Gasteiger partial charge in [0.2, 0.25) is 0 Å². The Hall–Kier alpha value is -1.35. The third kappa shape index (κ3) is 2.56. The summed E-state index contributed by atoms with van der Waals surface area (Å²) in [4.78, 5) is 7.09. The fourth-order valence-electron chi connectivity index (χ4n) is 2.60. The largest absolute Gasteiger partial charge is 0.370 e. The molecule has 1 aliphatic heterocycles. The van der Waals surface area contributed by atoms with Crippen LogP contribution in [0.2, 0.25) is 0 Å². The first kappa shape index (κ1) is 13.1. The Labute approximate surface area is 110 Å². The van der Waals surface area contributed by atoms with Crippen LogP contribution in [0.15, 0.2) is 29.3 Å². The van der Waals surface area contributed by atoms with Crippen LogP contribution in [0.1, 0.15) is 31.0 Å². The van der Waals surface area contributed by atoms with E-state index in [2.05, 4.69) is 60.2 Å². The number of amidine groups is 1. The number of aliphatic imine (C=N–C) groups is 1. The fraction of sp³-hybridized carbons (Fsp3) is 0.533. The lowest BCUT2D eigenvalue weighted by Gasteiger charge is -2.31. The highest BCUT2D eigenvalue weighted by Crippen LogP contribution is 2.25. The van der Waals surface area contributed by atoms with Gasteiger partial charge >= 0.3 is 0 Å². The molecular formula is C15H23N3. The number of hydrogen-bond acceptors (Lipinski definition) is 3. The molecule has 0 saturated carbocycles. The van der Waals surface area contributed by atoms with Crippen molar-refractivity contribution < 1.29 is 0 Å². The monoisotopic (exact) mass is 245 g/mol. The van der Waals surface area contributed by atoms with Gasteiger partial charge in [-0.25, -0.2) is 0 Å². The SMILES string of the molecule is CCN(CC)C(C1=NCCN1)c1ccccc1C. The minimum atomic E-state index is 0.281. The zero-order valence-corrected chi connectivity index (χ0v) is 11.6. The van der Waals surface area contributed by atoms with Gasteiger partial charge in [0, 0.05) is 6.54 Å². The maximum Gasteiger partial charge on any atom is 0.119 e. The van der Waals surface area contributed by atoms with Gasteiger partial charge in [-0.15, -0.1) is 0 Å². The van der Waals surface area contributed by atoms with Crippen molar-refractivity contribution in [2.75, 3.05) is 26.2 Å². The van der Waals surface area contributed by atoms with Gasteiger partial charge in [0.1, 0.15) is 5.84 Å². The van der Waals surface area contributed by atoms with E-state index >= 15 is 0 Å². The van der Waals surface area contributed by atoms with Crippen molar-refractivity contribution in [2.24, 2.45) is 4.99 Å². The molecule has 18 heavy (non-hydrogen) atoms. The molecule has 1 unspecified atom stereocenters. The fourth-order valence-corrected chi connectivity index (χ4v) is 2.60. The molecule has 1 N–H and O–H groups in total. The molecule has 0 aliphatic carbocycles. The van der Waals surface area contributed by atoms with Crippen LogP contribution in [0.5, 0.6) is 0 Å². The lowest BCUT2D eigenvalue weighted by atomic mass is 9.99. The predicted molar refractivity (Wildman–Crippen MR) is 77.1 cm³/mol. The second kappa shape index (κ2) is 6.01. The number of aryl methyl sites for hydroxylation is 1. The summed E-state index contributed by atoms with van der Waals surface area (Å²) in [6, 6.07) is 8.90. The quantitative estimate of drug-likeness (QED) is 0.862. The molecule has 2 rings (SSSR count). The summed E-state index contributed by atoms with van der Waals surface area (Å²) in [6.45, 7) is 10.6. The molecule has 1 atom stereocenters. The van der Waals surface area contributed by atoms with Gasteiger partial charge in [0.05, 0.1) is 12.6 Å². The third-order valence-corrected chi connectivity index (χ3v) is 3.62. The van der Waals surface area contributed by atoms with E-state index in [9.17, 15) is 0 Å². The van der Waals surface area contributed by atoms with Crippen LogP contribution < -0.4 is 5.32 Å². The first-order chi connectivity index (χ1) is 8.77. The molecular weight excluding hydrogens is 222 g/mol. The second-order valence-corrected chi connectivity index (χ2v) is 4.67. The zero-order valence-electron chi connectivity index (χ0n) is 11.6. The Kier molecular flexibility index (Phi) is 4.37. The Morgan fingerprint density at radius 1 is 1.28 bits per heavy atom. The van der Waals surface area contributed by atoms with E-state index < -0.39 is 0 Å². The Balaban J connectivity index is 2.38. The number of likely N-dealkylation sites (N-methyl/N-ethyl adjacent to an activating group) is 1. The van der Waals surface area contributed by atoms with Crippen molar-refractivity contribution in [3.8, 4) is 0 Å². The predicted octanol–water partition coefficient (Wildman–Crippen LogP) is 2.38. The highest BCUT2D eigenvalue weighted by atomic mass is 15.2. The van der Waals surface area contributed by atoms with Crippen molar-refractivity contribution in [3.63, 3.8) is 0 Å². The second-order valence-electron chi connectivity index (χ2n) is 4.67. The maximum atomic E-state index is 4.63. The molecule has 0 spiro atoms. The molecule has 0 amide bonds. The zero-order chi connectivity index (χ0) is 13.0. The van der Waals surface area contributed by atoms with E-state index in [1.165, 1.54) is 11.1 Å². The number of benzene rings is 1. The van der Waals surface area contributed by atoms with E-state index in [0.717, 1.165) is 32.0 Å². The van der Waals surface area contributed by atoms with Crippen LogP contribution in [-0.4, -0.2) is 36.9 Å². The van der Waals surface area contributed by atoms with E-state index in [-0.39, 0.29) is 6.04 Å². The number of hydrogen-bond donors (Lipinski definition) is 1. The molecule has 0 saturated heterocycles. The van der Waals surface area contributed by atoms with E-state index in [1.54, 1.807) is 0 Å². The van der Waals surface area contributed by atoms with Gasteiger partial charge in [0.25, 0.3) is 0 Å². The first-order valence-electron chi connectivity index (χ1n) is 6.85. The van der Waals surface area contributed by atoms with E-state index in [4.69, 9.17) is 0 Å². The summed E-state index contributed by atoms with van der Waals surface area (Å²) >= 11 is 0. The summed E-state index contributed by atoms with van der Waals surface area (Å²) in [7, 11) is 0. The Bertz CT molecular complexity index is 422. The van der Waals surface area contributed by atoms with Crippen molar-refractivity contribution >= 4 is 5.84 Å². The smallest absolute Gasteiger partial charge is 0.119 e. The lowest BCUT2D eigenvalue weighted by molar-refractivity contribution is 0.268. The van der Waals surface area contributed by atoms with Crippen molar-refractivity contribution in [1.29, 1.82) is 0 Å². The minimum absolute atomic E-state index is 0.281. The highest BCUT2D eigenvalue weighted by Gasteiger charge is 2.26. The highest BCUT2D eigenvalue weighted by molar-refractivity contribution is 5.90. The number of nitrogens with zero attached hydrogens (tertiary/aromatic N) is 2. The van der Waals surface area contributed by atoms with Gasteiger partial charge in [-0.1, -0.05) is 38.1 Å². The number of rotatable bonds is 5. The topological polar surface area (TPSA) is 27.6 Å². The number of nitrogens with one attached hydrogen (secondary N) is 1. The minimum Gasteiger partial charge on any atom is -0.370 e. The molecule has 1 heterocycles. The van der Waals surface area contributed by atoms with Gasteiger partial charge in [-0.3, -0.25) is 9.89 Å². The molecule has 0 aromatic heterocycles. The van der Waals surface area contributed by atoms with Crippen LogP contribution in [0, 0.1) is 6.92 Å². The van der Waals surface area contributed by atoms with Gasteiger partial charge in [0.15, 0.2) is 0 Å². The standard InChI is InChI=1S/C15H23N3/c1-4-18(5-2)14(15-16-10-11-17-15)13-9-7-6-8-12(13)3/h6-9,14H,4-5,10-11H2,1-3H3,(H,16,17). The molecule has 98 valence electrons. The molecule has 0 fully saturated rings. The molecule has 0 bridgehead atoms. The van der Waals surface area contributed by atoms with Gasteiger partial charge in [-0.05, 0) is 31.1 Å². The molecule has 3 nitrogen and oxygen atoms in total. The van der Waals surface area contributed by atoms with Crippen LogP contribution in [0.4, 0.5) is 0 Å². The molecule has 0 radical (unpaired) electrons. The molecule has 1 aliphatic rings. The van der Waals surface area contributed by atoms with E-state index in [0.29, 0.717) is 0 Å². The summed E-state index contributed by atoms with van der Waals surface area (Å²) in [5.74, 6) is 1.13. The molecule has 1 aromatic carbocycles. The average molecular weight is 245 g/mol. The first-order valence-corrected chi connectivity index (χ1v) is 6.85. The summed E-state index contributed by atoms with van der Waals surface area (Å²) < 4.78 is 0. The van der Waals surface area contributed by atoms with Gasteiger partial charge in [-0.2, -0.15) is 0 Å². The molecule has 1 aromatic rings. The Morgan fingerprint density at radius 3 is 2.56 bits per heavy atom. The summed E-state index contributed by atoms with van der Waals surface area (Å²) in [5.41, 5.74) is 2.71. The third-order valence-electron chi connectivity index (χ3n) is 3.62. The lowest BCUT2D eigenvalue weighted by Crippen LogP contribution is -2.39. The maximum absolute atomic E-state index is 4.63. The summed E-state index contributed by atoms with van der Waals surface area (Å²) in [6.07, 6.45) is 0. The van der Waals surface area contributed by atoms with Crippen LogP contribution in [0.25, 0.3) is 0 Å². The Morgan fingerprint density at radius 2 is 2.00 bits per heavy atom. The summed E-state index contributed by atoms with van der Waals surface area (Å²) in [5, 5.41) is 3.44. The normalized spacial score (nSPS) is 16.6. The van der Waals surface area contributed by atoms with Gasteiger partial charge < -0.3 is 5.32 Å². The van der Waals surface area contributed by atoms with Crippen molar-refractivity contribution in [1.82, 2.24) is 10.2 Å². The molecule has 3 heteroatoms. The van der Waals surface area contributed by atoms with Crippen LogP contribution >= 0.6 is 0 Å². The van der Waals surface area contributed by atoms with Crippen LogP contribution in [0.3, 0.4) is 0 Å². The van der Waals surface area contributed by atoms with E-state index in [1.807, 2.05) is 0 Å².